The summed E-state index contributed by atoms with van der Waals surface area (Å²) >= 11 is 0. The molecule has 1 aliphatic rings. The monoisotopic (exact) mass is 427 g/mol. The number of hydrogen-bond donors (Lipinski definition) is 0. The van der Waals surface area contributed by atoms with Crippen LogP contribution in [0.5, 0.6) is 0 Å². The molecule has 6 nitrogen and oxygen atoms in total. The fourth-order valence-corrected chi connectivity index (χ4v) is 4.06. The summed E-state index contributed by atoms with van der Waals surface area (Å²) in [6.45, 7) is 8.05. The molecule has 6 heteroatoms. The van der Waals surface area contributed by atoms with E-state index >= 15 is 0 Å². The summed E-state index contributed by atoms with van der Waals surface area (Å²) in [4.78, 5) is 40.9. The van der Waals surface area contributed by atoms with E-state index in [4.69, 9.17) is 0 Å². The van der Waals surface area contributed by atoms with Crippen molar-refractivity contribution >= 4 is 29.6 Å². The first-order valence-corrected chi connectivity index (χ1v) is 10.4. The number of carbonyl (C=O) groups excluding carboxylic acids is 3. The second-order valence-electron chi connectivity index (χ2n) is 8.13. The molecule has 0 N–H and O–H groups in total. The average molecular weight is 428 g/mol. The normalized spacial score (nSPS) is 15.8. The van der Waals surface area contributed by atoms with E-state index in [1.54, 1.807) is 36.4 Å². The van der Waals surface area contributed by atoms with E-state index < -0.39 is 17.8 Å². The van der Waals surface area contributed by atoms with Gasteiger partial charge in [0, 0.05) is 24.1 Å². The molecule has 0 unspecified atom stereocenters. The van der Waals surface area contributed by atoms with Gasteiger partial charge >= 0.3 is 6.03 Å². The van der Waals surface area contributed by atoms with E-state index in [9.17, 15) is 14.4 Å². The molecule has 2 aromatic carbocycles. The Labute approximate surface area is 187 Å². The molecule has 0 spiro atoms. The number of hydrogen-bond acceptors (Lipinski definition) is 3. The van der Waals surface area contributed by atoms with E-state index in [2.05, 4.69) is 29.7 Å². The van der Waals surface area contributed by atoms with Crippen LogP contribution in [0.15, 0.2) is 60.2 Å². The molecule has 0 saturated carbocycles. The van der Waals surface area contributed by atoms with Crippen LogP contribution in [-0.2, 0) is 9.59 Å². The van der Waals surface area contributed by atoms with Gasteiger partial charge in [-0.15, -0.1) is 0 Å². The van der Waals surface area contributed by atoms with Crippen LogP contribution >= 0.6 is 0 Å². The second-order valence-corrected chi connectivity index (χ2v) is 8.13. The van der Waals surface area contributed by atoms with E-state index in [-0.39, 0.29) is 5.57 Å². The number of barbiturate groups is 1. The molecule has 1 saturated heterocycles. The van der Waals surface area contributed by atoms with Crippen LogP contribution in [0.1, 0.15) is 28.1 Å². The van der Waals surface area contributed by atoms with Gasteiger partial charge in [-0.2, -0.15) is 0 Å². The van der Waals surface area contributed by atoms with E-state index in [0.717, 1.165) is 43.6 Å². The molecule has 4 amide bonds. The zero-order valence-electron chi connectivity index (χ0n) is 18.8. The Morgan fingerprint density at radius 2 is 1.50 bits per heavy atom. The number of imide groups is 2. The van der Waals surface area contributed by atoms with Gasteiger partial charge in [-0.25, -0.2) is 9.69 Å². The number of anilines is 1. The Morgan fingerprint density at radius 3 is 2.19 bits per heavy atom. The van der Waals surface area contributed by atoms with Gasteiger partial charge in [0.1, 0.15) is 5.57 Å². The Hall–Kier alpha value is -3.93. The molecule has 162 valence electrons. The summed E-state index contributed by atoms with van der Waals surface area (Å²) in [5, 5.41) is 0. The summed E-state index contributed by atoms with van der Waals surface area (Å²) in [7, 11) is 1.39. The number of aromatic nitrogens is 1. The van der Waals surface area contributed by atoms with Crippen molar-refractivity contribution in [1.29, 1.82) is 0 Å². The van der Waals surface area contributed by atoms with Crippen LogP contribution < -0.4 is 4.90 Å². The molecule has 0 bridgehead atoms. The van der Waals surface area contributed by atoms with Crippen molar-refractivity contribution in [2.24, 2.45) is 0 Å². The van der Waals surface area contributed by atoms with Crippen LogP contribution in [-0.4, -0.2) is 34.4 Å². The molecular weight excluding hydrogens is 402 g/mol. The summed E-state index contributed by atoms with van der Waals surface area (Å²) < 4.78 is 2.12. The molecule has 0 aliphatic carbocycles. The van der Waals surface area contributed by atoms with Gasteiger partial charge in [0.05, 0.1) is 5.69 Å². The summed E-state index contributed by atoms with van der Waals surface area (Å²) in [6.07, 6.45) is 1.59. The average Bonchev–Trinajstić information content (AvgIpc) is 3.05. The highest BCUT2D eigenvalue weighted by atomic mass is 16.2. The predicted molar refractivity (Wildman–Crippen MR) is 125 cm³/mol. The predicted octanol–water partition coefficient (Wildman–Crippen LogP) is 4.72. The van der Waals surface area contributed by atoms with E-state index in [1.165, 1.54) is 7.05 Å². The Balaban J connectivity index is 1.83. The first-order chi connectivity index (χ1) is 15.2. The highest BCUT2D eigenvalue weighted by Crippen LogP contribution is 2.29. The van der Waals surface area contributed by atoms with Crippen molar-refractivity contribution < 1.29 is 14.4 Å². The fourth-order valence-electron chi connectivity index (χ4n) is 4.06. The molecular formula is C26H25N3O3. The van der Waals surface area contributed by atoms with Crippen molar-refractivity contribution in [3.8, 4) is 5.69 Å². The lowest BCUT2D eigenvalue weighted by atomic mass is 10.1. The minimum Gasteiger partial charge on any atom is -0.318 e. The molecule has 1 aliphatic heterocycles. The number of carbonyl (C=O) groups is 3. The fraction of sp³-hybridized carbons (Fsp3) is 0.192. The summed E-state index contributed by atoms with van der Waals surface area (Å²) in [6, 6.07) is 16.2. The number of likely N-dealkylation sites (N-methyl/N-ethyl adjacent to an activating group) is 1. The zero-order valence-corrected chi connectivity index (χ0v) is 18.8. The lowest BCUT2D eigenvalue weighted by Crippen LogP contribution is -2.55. The van der Waals surface area contributed by atoms with Gasteiger partial charge in [-0.1, -0.05) is 30.3 Å². The van der Waals surface area contributed by atoms with Crippen molar-refractivity contribution in [2.75, 3.05) is 11.9 Å². The first-order valence-electron chi connectivity index (χ1n) is 10.4. The minimum absolute atomic E-state index is 0.0443. The lowest BCUT2D eigenvalue weighted by Gasteiger charge is -2.31. The molecule has 0 atom stereocenters. The van der Waals surface area contributed by atoms with Crippen molar-refractivity contribution in [2.45, 2.75) is 27.7 Å². The third kappa shape index (κ3) is 3.43. The lowest BCUT2D eigenvalue weighted by molar-refractivity contribution is -0.128. The maximum absolute atomic E-state index is 13.3. The minimum atomic E-state index is -0.663. The highest BCUT2D eigenvalue weighted by molar-refractivity contribution is 6.39. The summed E-state index contributed by atoms with van der Waals surface area (Å²) in [5.41, 5.74) is 6.38. The zero-order chi connectivity index (χ0) is 23.2. The van der Waals surface area contributed by atoms with Crippen LogP contribution in [0, 0.1) is 27.7 Å². The van der Waals surface area contributed by atoms with Gasteiger partial charge in [-0.05, 0) is 74.7 Å². The molecule has 1 fully saturated rings. The smallest absolute Gasteiger partial charge is 0.318 e. The third-order valence-corrected chi connectivity index (χ3v) is 5.84. The number of urea groups is 1. The topological polar surface area (TPSA) is 62.6 Å². The molecule has 2 heterocycles. The molecule has 0 radical (unpaired) electrons. The van der Waals surface area contributed by atoms with Crippen molar-refractivity contribution in [3.63, 3.8) is 0 Å². The van der Waals surface area contributed by atoms with Gasteiger partial charge in [0.15, 0.2) is 0 Å². The van der Waals surface area contributed by atoms with Crippen molar-refractivity contribution in [3.05, 3.63) is 88.2 Å². The van der Waals surface area contributed by atoms with Crippen LogP contribution in [0.2, 0.25) is 0 Å². The molecule has 32 heavy (non-hydrogen) atoms. The second kappa shape index (κ2) is 7.96. The quantitative estimate of drug-likeness (QED) is 0.449. The number of benzene rings is 2. The number of amides is 4. The number of nitrogens with zero attached hydrogens (tertiary/aromatic N) is 3. The summed E-state index contributed by atoms with van der Waals surface area (Å²) in [5.74, 6) is -1.23. The van der Waals surface area contributed by atoms with E-state index in [1.807, 2.05) is 26.8 Å². The van der Waals surface area contributed by atoms with Gasteiger partial charge in [0.2, 0.25) is 0 Å². The molecule has 1 aromatic heterocycles. The maximum atomic E-state index is 13.3. The third-order valence-electron chi connectivity index (χ3n) is 5.84. The van der Waals surface area contributed by atoms with Crippen molar-refractivity contribution in [1.82, 2.24) is 9.47 Å². The Bertz CT molecular complexity index is 1290. The Kier molecular flexibility index (Phi) is 5.30. The SMILES string of the molecule is Cc1ccc(C)c(-n2c(C)cc(/C=C3\C(=O)N(C)C(=O)N(c4ccccc4)C3=O)c2C)c1. The molecule has 4 rings (SSSR count). The number of rotatable bonds is 3. The largest absolute Gasteiger partial charge is 0.338 e. The van der Waals surface area contributed by atoms with E-state index in [0.29, 0.717) is 5.69 Å². The first kappa shape index (κ1) is 21.3. The molecule has 3 aromatic rings. The van der Waals surface area contributed by atoms with Crippen LogP contribution in [0.3, 0.4) is 0 Å². The highest BCUT2D eigenvalue weighted by Gasteiger charge is 2.41. The van der Waals surface area contributed by atoms with Crippen LogP contribution in [0.4, 0.5) is 10.5 Å². The van der Waals surface area contributed by atoms with Gasteiger partial charge < -0.3 is 4.57 Å². The number of para-hydroxylation sites is 1. The Morgan fingerprint density at radius 1 is 0.812 bits per heavy atom. The van der Waals surface area contributed by atoms with Crippen LogP contribution in [0.25, 0.3) is 11.8 Å². The van der Waals surface area contributed by atoms with Gasteiger partial charge in [0.25, 0.3) is 11.8 Å². The standard InChI is InChI=1S/C26H25N3O3/c1-16-11-12-17(2)23(13-16)28-18(3)14-20(19(28)4)15-22-24(30)27(5)26(32)29(25(22)31)21-9-7-6-8-10-21/h6-15H,1-5H3/b22-15+. The van der Waals surface area contributed by atoms with Gasteiger partial charge in [-0.3, -0.25) is 14.5 Å². The maximum Gasteiger partial charge on any atom is 0.338 e. The number of aryl methyl sites for hydroxylation is 3.